The zero-order valence-electron chi connectivity index (χ0n) is 13.6. The molecule has 0 saturated carbocycles. The van der Waals surface area contributed by atoms with Gasteiger partial charge in [-0.15, -0.1) is 0 Å². The zero-order chi connectivity index (χ0) is 16.2. The molecule has 1 heterocycles. The van der Waals surface area contributed by atoms with E-state index in [-0.39, 0.29) is 0 Å². The van der Waals surface area contributed by atoms with Crippen LogP contribution in [-0.4, -0.2) is 21.6 Å². The van der Waals surface area contributed by atoms with Crippen LogP contribution in [0, 0.1) is 6.92 Å². The van der Waals surface area contributed by atoms with Gasteiger partial charge in [0.25, 0.3) is 0 Å². The Bertz CT molecular complexity index is 719. The molecule has 0 N–H and O–H groups in total. The first kappa shape index (κ1) is 16.6. The number of halogens is 1. The van der Waals surface area contributed by atoms with E-state index in [2.05, 4.69) is 44.2 Å². The predicted molar refractivity (Wildman–Crippen MR) is 100 cm³/mol. The number of fused-ring (bicyclic) bond motifs is 1. The van der Waals surface area contributed by atoms with Gasteiger partial charge in [0.2, 0.25) is 0 Å². The first-order chi connectivity index (χ1) is 11.2. The average Bonchev–Trinajstić information content (AvgIpc) is 2.56. The SMILES string of the molecule is CCCC[Se]C1=C(c2ccc(Cl)cc2)COc2ccc(C)cc21. The van der Waals surface area contributed by atoms with Crippen molar-refractivity contribution in [2.75, 3.05) is 6.61 Å². The maximum atomic E-state index is 6.05. The first-order valence-electron chi connectivity index (χ1n) is 8.04. The standard InChI is InChI=1S/C20H21ClOSe/c1-3-4-11-23-20-17-12-14(2)5-10-19(17)22-13-18(20)15-6-8-16(21)9-7-15/h5-10,12H,3-4,11,13H2,1-2H3. The van der Waals surface area contributed by atoms with Gasteiger partial charge >= 0.3 is 150 Å². The maximum absolute atomic E-state index is 6.05. The van der Waals surface area contributed by atoms with Crippen LogP contribution < -0.4 is 4.74 Å². The summed E-state index contributed by atoms with van der Waals surface area (Å²) in [6.07, 6.45) is 2.54. The van der Waals surface area contributed by atoms with Crippen LogP contribution in [0.2, 0.25) is 10.3 Å². The minimum atomic E-state index is 0.470. The fraction of sp³-hybridized carbons (Fsp3) is 0.300. The van der Waals surface area contributed by atoms with E-state index in [4.69, 9.17) is 16.3 Å². The first-order valence-corrected chi connectivity index (χ1v) is 10.5. The van der Waals surface area contributed by atoms with Crippen LogP contribution in [0.4, 0.5) is 0 Å². The van der Waals surface area contributed by atoms with Crippen LogP contribution in [0.15, 0.2) is 42.5 Å². The molecule has 0 unspecified atom stereocenters. The number of hydrogen-bond donors (Lipinski definition) is 0. The fourth-order valence-corrected chi connectivity index (χ4v) is 5.53. The van der Waals surface area contributed by atoms with Crippen molar-refractivity contribution in [3.63, 3.8) is 0 Å². The molecule has 3 rings (SSSR count). The Balaban J connectivity index is 2.06. The molecule has 0 amide bonds. The normalized spacial score (nSPS) is 13.7. The van der Waals surface area contributed by atoms with Gasteiger partial charge in [0.05, 0.1) is 0 Å². The number of hydrogen-bond acceptors (Lipinski definition) is 1. The molecule has 1 aliphatic heterocycles. The molecule has 0 radical (unpaired) electrons. The number of aryl methyl sites for hydroxylation is 1. The Hall–Kier alpha value is -1.21. The summed E-state index contributed by atoms with van der Waals surface area (Å²) in [7, 11) is 0. The van der Waals surface area contributed by atoms with Crippen LogP contribution in [0.5, 0.6) is 5.75 Å². The molecule has 0 saturated heterocycles. The minimum absolute atomic E-state index is 0.470. The van der Waals surface area contributed by atoms with Crippen molar-refractivity contribution in [2.45, 2.75) is 32.0 Å². The second-order valence-corrected chi connectivity index (χ2v) is 8.56. The van der Waals surface area contributed by atoms with E-state index in [1.807, 2.05) is 12.1 Å². The summed E-state index contributed by atoms with van der Waals surface area (Å²) in [6, 6.07) is 14.7. The topological polar surface area (TPSA) is 9.23 Å². The Kier molecular flexibility index (Phi) is 5.48. The van der Waals surface area contributed by atoms with Gasteiger partial charge in [0.15, 0.2) is 0 Å². The van der Waals surface area contributed by atoms with Crippen molar-refractivity contribution in [2.24, 2.45) is 0 Å². The van der Waals surface area contributed by atoms with Gasteiger partial charge in [0.1, 0.15) is 0 Å². The second kappa shape index (κ2) is 7.57. The Morgan fingerprint density at radius 1 is 1.13 bits per heavy atom. The van der Waals surface area contributed by atoms with E-state index in [0.717, 1.165) is 10.8 Å². The zero-order valence-corrected chi connectivity index (χ0v) is 16.0. The molecule has 2 aromatic carbocycles. The molecule has 120 valence electrons. The molecule has 0 aromatic heterocycles. The number of unbranched alkanes of at least 4 members (excludes halogenated alkanes) is 1. The van der Waals surface area contributed by atoms with Gasteiger partial charge < -0.3 is 0 Å². The van der Waals surface area contributed by atoms with Crippen LogP contribution >= 0.6 is 11.6 Å². The van der Waals surface area contributed by atoms with Gasteiger partial charge in [-0.3, -0.25) is 0 Å². The monoisotopic (exact) mass is 392 g/mol. The summed E-state index contributed by atoms with van der Waals surface area (Å²) in [5.41, 5.74) is 5.14. The third kappa shape index (κ3) is 3.83. The quantitative estimate of drug-likeness (QED) is 0.460. The summed E-state index contributed by atoms with van der Waals surface area (Å²) in [5.74, 6) is 1.03. The Morgan fingerprint density at radius 2 is 1.91 bits per heavy atom. The second-order valence-electron chi connectivity index (χ2n) is 5.80. The molecule has 2 aromatic rings. The van der Waals surface area contributed by atoms with E-state index in [1.165, 1.54) is 44.9 Å². The Labute approximate surface area is 149 Å². The molecule has 1 aliphatic rings. The van der Waals surface area contributed by atoms with Crippen molar-refractivity contribution >= 4 is 36.6 Å². The molecule has 0 atom stereocenters. The third-order valence-corrected chi connectivity index (χ3v) is 6.83. The van der Waals surface area contributed by atoms with Gasteiger partial charge in [0, 0.05) is 0 Å². The van der Waals surface area contributed by atoms with Crippen LogP contribution in [0.25, 0.3) is 10.0 Å². The van der Waals surface area contributed by atoms with Crippen molar-refractivity contribution < 1.29 is 4.74 Å². The van der Waals surface area contributed by atoms with E-state index >= 15 is 0 Å². The van der Waals surface area contributed by atoms with E-state index in [9.17, 15) is 0 Å². The van der Waals surface area contributed by atoms with Crippen molar-refractivity contribution in [1.82, 2.24) is 0 Å². The molecule has 0 aliphatic carbocycles. The molecular weight excluding hydrogens is 371 g/mol. The molecule has 23 heavy (non-hydrogen) atoms. The molecular formula is C20H21ClOSe. The third-order valence-electron chi connectivity index (χ3n) is 3.96. The summed E-state index contributed by atoms with van der Waals surface area (Å²) in [5, 5.41) is 2.06. The number of benzene rings is 2. The molecule has 3 heteroatoms. The van der Waals surface area contributed by atoms with Gasteiger partial charge in [-0.25, -0.2) is 0 Å². The summed E-state index contributed by atoms with van der Waals surface area (Å²) in [4.78, 5) is 0. The molecule has 0 bridgehead atoms. The van der Waals surface area contributed by atoms with Gasteiger partial charge in [-0.1, -0.05) is 0 Å². The number of rotatable bonds is 5. The van der Waals surface area contributed by atoms with Crippen LogP contribution in [-0.2, 0) is 0 Å². The molecule has 0 spiro atoms. The van der Waals surface area contributed by atoms with Crippen molar-refractivity contribution in [3.8, 4) is 5.75 Å². The molecule has 0 fully saturated rings. The van der Waals surface area contributed by atoms with Crippen LogP contribution in [0.3, 0.4) is 0 Å². The Morgan fingerprint density at radius 3 is 2.65 bits per heavy atom. The number of ether oxygens (including phenoxy) is 1. The van der Waals surface area contributed by atoms with Crippen molar-refractivity contribution in [1.29, 1.82) is 0 Å². The van der Waals surface area contributed by atoms with Gasteiger partial charge in [-0.2, -0.15) is 0 Å². The fourth-order valence-electron chi connectivity index (χ4n) is 2.67. The summed E-state index contributed by atoms with van der Waals surface area (Å²) < 4.78 is 7.53. The summed E-state index contributed by atoms with van der Waals surface area (Å²) >= 11 is 6.52. The summed E-state index contributed by atoms with van der Waals surface area (Å²) in [6.45, 7) is 5.06. The van der Waals surface area contributed by atoms with E-state index < -0.39 is 0 Å². The average molecular weight is 392 g/mol. The van der Waals surface area contributed by atoms with Crippen LogP contribution in [0.1, 0.15) is 36.5 Å². The predicted octanol–water partition coefficient (Wildman–Crippen LogP) is 5.83. The van der Waals surface area contributed by atoms with Crippen molar-refractivity contribution in [3.05, 3.63) is 64.2 Å². The van der Waals surface area contributed by atoms with E-state index in [0.29, 0.717) is 21.6 Å². The molecule has 1 nitrogen and oxygen atoms in total. The van der Waals surface area contributed by atoms with E-state index in [1.54, 1.807) is 0 Å². The van der Waals surface area contributed by atoms with Gasteiger partial charge in [-0.05, 0) is 0 Å².